The van der Waals surface area contributed by atoms with E-state index in [0.717, 1.165) is 10.0 Å². The van der Waals surface area contributed by atoms with Gasteiger partial charge in [-0.25, -0.2) is 0 Å². The third-order valence-electron chi connectivity index (χ3n) is 2.09. The van der Waals surface area contributed by atoms with Gasteiger partial charge in [0.2, 0.25) is 0 Å². The van der Waals surface area contributed by atoms with Crippen LogP contribution < -0.4 is 5.73 Å². The number of thiophene rings is 1. The lowest BCUT2D eigenvalue weighted by atomic mass is 10.1. The zero-order valence-corrected chi connectivity index (χ0v) is 11.1. The normalized spacial score (nSPS) is 11.9. The van der Waals surface area contributed by atoms with Crippen LogP contribution in [0.2, 0.25) is 0 Å². The predicted molar refractivity (Wildman–Crippen MR) is 71.7 cm³/mol. The molecule has 0 aliphatic rings. The lowest BCUT2D eigenvalue weighted by Crippen LogP contribution is -2.10. The van der Waals surface area contributed by atoms with E-state index in [9.17, 15) is 0 Å². The lowest BCUT2D eigenvalue weighted by molar-refractivity contribution is 0.887. The molecule has 0 amide bonds. The van der Waals surface area contributed by atoms with E-state index >= 15 is 0 Å². The smallest absolute Gasteiger partial charge is 0.0657 e. The van der Waals surface area contributed by atoms with Crippen molar-refractivity contribution in [1.82, 2.24) is 0 Å². The van der Waals surface area contributed by atoms with Gasteiger partial charge in [0, 0.05) is 9.35 Å². The van der Waals surface area contributed by atoms with E-state index < -0.39 is 0 Å². The van der Waals surface area contributed by atoms with Gasteiger partial charge in [0.25, 0.3) is 0 Å². The summed E-state index contributed by atoms with van der Waals surface area (Å²) in [6, 6.07) is 12.1. The first-order valence-corrected chi connectivity index (χ1v) is 5.99. The minimum absolute atomic E-state index is 0. The zero-order chi connectivity index (χ0) is 9.97. The number of hydrogen-bond donors (Lipinski definition) is 1. The largest absolute Gasteiger partial charge is 0.320 e. The molecular weight excluding hydrogens is 294 g/mol. The molecule has 4 heteroatoms. The Labute approximate surface area is 108 Å². The first kappa shape index (κ1) is 12.7. The summed E-state index contributed by atoms with van der Waals surface area (Å²) in [6.07, 6.45) is 0. The monoisotopic (exact) mass is 303 g/mol. The molecule has 0 spiro atoms. The molecule has 2 aromatic rings. The highest BCUT2D eigenvalue weighted by Gasteiger charge is 2.11. The molecule has 0 bridgehead atoms. The summed E-state index contributed by atoms with van der Waals surface area (Å²) < 4.78 is 1.07. The number of benzene rings is 1. The molecule has 1 aromatic heterocycles. The van der Waals surface area contributed by atoms with Crippen LogP contribution in [0.5, 0.6) is 0 Å². The molecule has 1 aromatic carbocycles. The van der Waals surface area contributed by atoms with Gasteiger partial charge in [0.05, 0.1) is 6.04 Å². The van der Waals surface area contributed by atoms with Crippen LogP contribution in [0, 0.1) is 0 Å². The summed E-state index contributed by atoms with van der Waals surface area (Å²) in [7, 11) is 0. The molecule has 0 aliphatic heterocycles. The average molecular weight is 305 g/mol. The van der Waals surface area contributed by atoms with Gasteiger partial charge >= 0.3 is 0 Å². The van der Waals surface area contributed by atoms with Crippen molar-refractivity contribution in [3.05, 3.63) is 56.7 Å². The minimum Gasteiger partial charge on any atom is -0.320 e. The SMILES string of the molecule is Cl.N[C@H](c1cccs1)c1ccccc1Br. The Morgan fingerprint density at radius 3 is 2.47 bits per heavy atom. The Hall–Kier alpha value is -0.350. The van der Waals surface area contributed by atoms with Crippen molar-refractivity contribution < 1.29 is 0 Å². The van der Waals surface area contributed by atoms with Gasteiger partial charge in [-0.05, 0) is 23.1 Å². The van der Waals surface area contributed by atoms with Crippen molar-refractivity contribution in [2.24, 2.45) is 5.73 Å². The third kappa shape index (κ3) is 2.82. The fourth-order valence-corrected chi connectivity index (χ4v) is 2.63. The first-order chi connectivity index (χ1) is 6.79. The van der Waals surface area contributed by atoms with Crippen molar-refractivity contribution in [2.45, 2.75) is 6.04 Å². The number of rotatable bonds is 2. The molecule has 1 nitrogen and oxygen atoms in total. The van der Waals surface area contributed by atoms with Crippen LogP contribution in [-0.4, -0.2) is 0 Å². The maximum atomic E-state index is 6.14. The topological polar surface area (TPSA) is 26.0 Å². The standard InChI is InChI=1S/C11H10BrNS.ClH/c12-9-5-2-1-4-8(9)11(13)10-6-3-7-14-10;/h1-7,11H,13H2;1H/t11-;/m0./s1. The Kier molecular flexibility index (Phi) is 4.80. The minimum atomic E-state index is -0.0226. The van der Waals surface area contributed by atoms with E-state index in [1.807, 2.05) is 29.6 Å². The molecular formula is C11H11BrClNS. The van der Waals surface area contributed by atoms with E-state index in [4.69, 9.17) is 5.73 Å². The second-order valence-corrected chi connectivity index (χ2v) is 4.85. The van der Waals surface area contributed by atoms with Gasteiger partial charge in [-0.3, -0.25) is 0 Å². The molecule has 2 N–H and O–H groups in total. The average Bonchev–Trinajstić information content (AvgIpc) is 2.70. The predicted octanol–water partition coefficient (Wildman–Crippen LogP) is 3.98. The van der Waals surface area contributed by atoms with E-state index in [0.29, 0.717) is 0 Å². The van der Waals surface area contributed by atoms with Crippen LogP contribution in [0.3, 0.4) is 0 Å². The Balaban J connectivity index is 0.00000112. The van der Waals surface area contributed by atoms with Crippen LogP contribution >= 0.6 is 39.7 Å². The summed E-state index contributed by atoms with van der Waals surface area (Å²) in [5, 5.41) is 2.05. The van der Waals surface area contributed by atoms with E-state index in [1.54, 1.807) is 11.3 Å². The molecule has 0 aliphatic carbocycles. The highest BCUT2D eigenvalue weighted by atomic mass is 79.9. The second kappa shape index (κ2) is 5.66. The van der Waals surface area contributed by atoms with Crippen LogP contribution in [0.15, 0.2) is 46.3 Å². The van der Waals surface area contributed by atoms with Gasteiger partial charge in [-0.2, -0.15) is 0 Å². The van der Waals surface area contributed by atoms with E-state index in [1.165, 1.54) is 4.88 Å². The molecule has 15 heavy (non-hydrogen) atoms. The quantitative estimate of drug-likeness (QED) is 0.892. The molecule has 0 saturated carbocycles. The summed E-state index contributed by atoms with van der Waals surface area (Å²) in [5.74, 6) is 0. The van der Waals surface area contributed by atoms with Crippen molar-refractivity contribution in [3.63, 3.8) is 0 Å². The Morgan fingerprint density at radius 2 is 1.87 bits per heavy atom. The zero-order valence-electron chi connectivity index (χ0n) is 7.89. The van der Waals surface area contributed by atoms with E-state index in [2.05, 4.69) is 28.1 Å². The number of halogens is 2. The molecule has 2 rings (SSSR count). The van der Waals surface area contributed by atoms with Crippen LogP contribution in [0.4, 0.5) is 0 Å². The lowest BCUT2D eigenvalue weighted by Gasteiger charge is -2.11. The van der Waals surface area contributed by atoms with Gasteiger partial charge in [0.1, 0.15) is 0 Å². The summed E-state index contributed by atoms with van der Waals surface area (Å²) in [5.41, 5.74) is 7.28. The molecule has 0 saturated heterocycles. The molecule has 1 heterocycles. The molecule has 80 valence electrons. The van der Waals surface area contributed by atoms with Crippen LogP contribution in [-0.2, 0) is 0 Å². The summed E-state index contributed by atoms with van der Waals surface area (Å²) in [4.78, 5) is 1.19. The van der Waals surface area contributed by atoms with Crippen molar-refractivity contribution in [1.29, 1.82) is 0 Å². The summed E-state index contributed by atoms with van der Waals surface area (Å²) >= 11 is 5.20. The second-order valence-electron chi connectivity index (χ2n) is 3.01. The highest BCUT2D eigenvalue weighted by Crippen LogP contribution is 2.28. The van der Waals surface area contributed by atoms with Gasteiger partial charge in [0.15, 0.2) is 0 Å². The number of hydrogen-bond acceptors (Lipinski definition) is 2. The van der Waals surface area contributed by atoms with Crippen LogP contribution in [0.1, 0.15) is 16.5 Å². The van der Waals surface area contributed by atoms with Gasteiger partial charge < -0.3 is 5.73 Å². The fraction of sp³-hybridized carbons (Fsp3) is 0.0909. The first-order valence-electron chi connectivity index (χ1n) is 4.32. The van der Waals surface area contributed by atoms with Gasteiger partial charge in [-0.15, -0.1) is 23.7 Å². The molecule has 0 radical (unpaired) electrons. The van der Waals surface area contributed by atoms with Crippen molar-refractivity contribution >= 4 is 39.7 Å². The Morgan fingerprint density at radius 1 is 1.13 bits per heavy atom. The molecule has 0 unspecified atom stereocenters. The number of nitrogens with two attached hydrogens (primary N) is 1. The Bertz CT molecular complexity index is 416. The van der Waals surface area contributed by atoms with E-state index in [-0.39, 0.29) is 18.4 Å². The maximum Gasteiger partial charge on any atom is 0.0657 e. The van der Waals surface area contributed by atoms with Gasteiger partial charge in [-0.1, -0.05) is 40.2 Å². The van der Waals surface area contributed by atoms with Crippen molar-refractivity contribution in [3.8, 4) is 0 Å². The third-order valence-corrected chi connectivity index (χ3v) is 3.77. The fourth-order valence-electron chi connectivity index (χ4n) is 1.35. The maximum absolute atomic E-state index is 6.14. The van der Waals surface area contributed by atoms with Crippen LogP contribution in [0.25, 0.3) is 0 Å². The molecule has 1 atom stereocenters. The molecule has 0 fully saturated rings. The van der Waals surface area contributed by atoms with Crippen molar-refractivity contribution in [2.75, 3.05) is 0 Å². The highest BCUT2D eigenvalue weighted by molar-refractivity contribution is 9.10. The summed E-state index contributed by atoms with van der Waals surface area (Å²) in [6.45, 7) is 0.